The molecule has 3 atom stereocenters. The minimum Gasteiger partial charge on any atom is -0.381 e. The maximum Gasteiger partial charge on any atom is 0.0476 e. The first-order chi connectivity index (χ1) is 9.83. The average molecular weight is 291 g/mol. The van der Waals surface area contributed by atoms with E-state index < -0.39 is 0 Å². The monoisotopic (exact) mass is 291 g/mol. The Kier molecular flexibility index (Phi) is 5.03. The van der Waals surface area contributed by atoms with E-state index in [9.17, 15) is 0 Å². The Morgan fingerprint density at radius 2 is 1.75 bits per heavy atom. The van der Waals surface area contributed by atoms with Gasteiger partial charge in [0.2, 0.25) is 0 Å². The molecule has 0 radical (unpaired) electrons. The molecule has 110 valence electrons. The van der Waals surface area contributed by atoms with Gasteiger partial charge < -0.3 is 10.5 Å². The van der Waals surface area contributed by atoms with Crippen molar-refractivity contribution >= 4 is 11.8 Å². The van der Waals surface area contributed by atoms with Gasteiger partial charge in [-0.15, -0.1) is 0 Å². The smallest absolute Gasteiger partial charge is 0.0476 e. The van der Waals surface area contributed by atoms with Crippen LogP contribution in [0.25, 0.3) is 0 Å². The summed E-state index contributed by atoms with van der Waals surface area (Å²) in [6.07, 6.45) is 6.05. The van der Waals surface area contributed by atoms with Crippen molar-refractivity contribution in [1.29, 1.82) is 0 Å². The molecule has 1 saturated carbocycles. The summed E-state index contributed by atoms with van der Waals surface area (Å²) in [5, 5.41) is 1.38. The van der Waals surface area contributed by atoms with Gasteiger partial charge >= 0.3 is 0 Å². The Labute approximate surface area is 126 Å². The summed E-state index contributed by atoms with van der Waals surface area (Å²) >= 11 is 2.14. The summed E-state index contributed by atoms with van der Waals surface area (Å²) in [5.74, 6) is 0.702. The molecule has 20 heavy (non-hydrogen) atoms. The molecule has 2 nitrogen and oxygen atoms in total. The van der Waals surface area contributed by atoms with Crippen LogP contribution in [0.15, 0.2) is 30.3 Å². The van der Waals surface area contributed by atoms with Gasteiger partial charge in [-0.25, -0.2) is 0 Å². The van der Waals surface area contributed by atoms with E-state index in [-0.39, 0.29) is 0 Å². The molecule has 0 aromatic heterocycles. The topological polar surface area (TPSA) is 35.2 Å². The van der Waals surface area contributed by atoms with Gasteiger partial charge in [-0.2, -0.15) is 11.8 Å². The molecular weight excluding hydrogens is 266 g/mol. The van der Waals surface area contributed by atoms with Gasteiger partial charge in [0.05, 0.1) is 0 Å². The van der Waals surface area contributed by atoms with E-state index in [1.807, 2.05) is 0 Å². The number of benzene rings is 1. The van der Waals surface area contributed by atoms with Crippen molar-refractivity contribution in [2.75, 3.05) is 13.2 Å². The number of hydrogen-bond acceptors (Lipinski definition) is 3. The molecule has 3 rings (SSSR count). The van der Waals surface area contributed by atoms with Crippen molar-refractivity contribution < 1.29 is 4.74 Å². The summed E-state index contributed by atoms with van der Waals surface area (Å²) in [5.41, 5.74) is 7.88. The van der Waals surface area contributed by atoms with Crippen LogP contribution in [0.1, 0.15) is 43.6 Å². The van der Waals surface area contributed by atoms with Gasteiger partial charge in [-0.05, 0) is 43.6 Å². The Morgan fingerprint density at radius 1 is 1.00 bits per heavy atom. The van der Waals surface area contributed by atoms with E-state index in [1.54, 1.807) is 0 Å². The molecule has 1 aromatic rings. The zero-order valence-corrected chi connectivity index (χ0v) is 12.9. The van der Waals surface area contributed by atoms with Gasteiger partial charge in [0.15, 0.2) is 0 Å². The lowest BCUT2D eigenvalue weighted by atomic mass is 9.82. The lowest BCUT2D eigenvalue weighted by Gasteiger charge is -2.36. The minimum atomic E-state index is 0.378. The fourth-order valence-electron chi connectivity index (χ4n) is 3.40. The molecule has 1 aliphatic heterocycles. The van der Waals surface area contributed by atoms with Crippen molar-refractivity contribution in [2.45, 2.75) is 54.6 Å². The number of nitrogens with two attached hydrogens (primary N) is 1. The molecule has 3 heteroatoms. The van der Waals surface area contributed by atoms with Crippen LogP contribution in [0.3, 0.4) is 0 Å². The van der Waals surface area contributed by atoms with Crippen LogP contribution in [0.2, 0.25) is 0 Å². The molecule has 3 unspecified atom stereocenters. The predicted octanol–water partition coefficient (Wildman–Crippen LogP) is 3.56. The van der Waals surface area contributed by atoms with Gasteiger partial charge in [-0.3, -0.25) is 0 Å². The minimum absolute atomic E-state index is 0.378. The molecule has 2 fully saturated rings. The van der Waals surface area contributed by atoms with Crippen LogP contribution in [0.5, 0.6) is 0 Å². The summed E-state index contributed by atoms with van der Waals surface area (Å²) < 4.78 is 5.46. The van der Waals surface area contributed by atoms with Gasteiger partial charge in [-0.1, -0.05) is 30.3 Å². The maximum absolute atomic E-state index is 6.38. The highest BCUT2D eigenvalue weighted by atomic mass is 32.2. The molecule has 1 aliphatic carbocycles. The largest absolute Gasteiger partial charge is 0.381 e. The SMILES string of the molecule is NC1CCC(c2ccccc2)CC1SC1CCOCC1. The van der Waals surface area contributed by atoms with E-state index in [4.69, 9.17) is 10.5 Å². The Hall–Kier alpha value is -0.510. The Bertz CT molecular complexity index is 405. The number of rotatable bonds is 3. The third-order valence-electron chi connectivity index (χ3n) is 4.65. The summed E-state index contributed by atoms with van der Waals surface area (Å²) in [7, 11) is 0. The van der Waals surface area contributed by atoms with E-state index in [0.717, 1.165) is 18.5 Å². The molecule has 1 aromatic carbocycles. The second-order valence-electron chi connectivity index (χ2n) is 6.07. The van der Waals surface area contributed by atoms with Crippen molar-refractivity contribution in [3.05, 3.63) is 35.9 Å². The Morgan fingerprint density at radius 3 is 2.50 bits per heavy atom. The molecule has 2 N–H and O–H groups in total. The molecular formula is C17H25NOS. The quantitative estimate of drug-likeness (QED) is 0.925. The van der Waals surface area contributed by atoms with Gasteiger partial charge in [0.25, 0.3) is 0 Å². The van der Waals surface area contributed by atoms with E-state index in [1.165, 1.54) is 37.7 Å². The fourth-order valence-corrected chi connectivity index (χ4v) is 5.04. The molecule has 1 heterocycles. The molecule has 0 spiro atoms. The fraction of sp³-hybridized carbons (Fsp3) is 0.647. The second kappa shape index (κ2) is 6.97. The lowest BCUT2D eigenvalue weighted by Crippen LogP contribution is -2.39. The zero-order chi connectivity index (χ0) is 13.8. The zero-order valence-electron chi connectivity index (χ0n) is 12.0. The predicted molar refractivity (Wildman–Crippen MR) is 86.2 cm³/mol. The highest BCUT2D eigenvalue weighted by Crippen LogP contribution is 2.40. The third-order valence-corrected chi connectivity index (χ3v) is 6.40. The van der Waals surface area contributed by atoms with E-state index in [2.05, 4.69) is 42.1 Å². The number of hydrogen-bond donors (Lipinski definition) is 1. The first kappa shape index (κ1) is 14.4. The lowest BCUT2D eigenvalue weighted by molar-refractivity contribution is 0.0998. The normalized spacial score (nSPS) is 32.1. The van der Waals surface area contributed by atoms with Crippen molar-refractivity contribution in [3.63, 3.8) is 0 Å². The standard InChI is InChI=1S/C17H25NOS/c18-16-7-6-14(13-4-2-1-3-5-13)12-17(16)20-15-8-10-19-11-9-15/h1-5,14-17H,6-12,18H2. The van der Waals surface area contributed by atoms with E-state index >= 15 is 0 Å². The first-order valence-electron chi connectivity index (χ1n) is 7.86. The summed E-state index contributed by atoms with van der Waals surface area (Å²) in [6.45, 7) is 1.86. The van der Waals surface area contributed by atoms with Crippen LogP contribution in [0.4, 0.5) is 0 Å². The summed E-state index contributed by atoms with van der Waals surface area (Å²) in [4.78, 5) is 0. The highest BCUT2D eigenvalue weighted by Gasteiger charge is 2.31. The second-order valence-corrected chi connectivity index (χ2v) is 7.62. The number of thioether (sulfide) groups is 1. The van der Waals surface area contributed by atoms with Crippen molar-refractivity contribution in [2.24, 2.45) is 5.73 Å². The molecule has 2 aliphatic rings. The summed E-state index contributed by atoms with van der Waals surface area (Å²) in [6, 6.07) is 11.3. The third kappa shape index (κ3) is 3.57. The van der Waals surface area contributed by atoms with Crippen LogP contribution < -0.4 is 5.73 Å². The van der Waals surface area contributed by atoms with Crippen molar-refractivity contribution in [1.82, 2.24) is 0 Å². The van der Waals surface area contributed by atoms with E-state index in [0.29, 0.717) is 17.2 Å². The van der Waals surface area contributed by atoms with Crippen LogP contribution in [-0.2, 0) is 4.74 Å². The first-order valence-corrected chi connectivity index (χ1v) is 8.81. The molecule has 0 amide bonds. The maximum atomic E-state index is 6.38. The average Bonchev–Trinajstić information content (AvgIpc) is 2.51. The van der Waals surface area contributed by atoms with Gasteiger partial charge in [0, 0.05) is 29.8 Å². The highest BCUT2D eigenvalue weighted by molar-refractivity contribution is 8.00. The number of ether oxygens (including phenoxy) is 1. The van der Waals surface area contributed by atoms with Crippen LogP contribution >= 0.6 is 11.8 Å². The molecule has 1 saturated heterocycles. The Balaban J connectivity index is 1.61. The van der Waals surface area contributed by atoms with Crippen LogP contribution in [-0.4, -0.2) is 29.8 Å². The molecule has 0 bridgehead atoms. The van der Waals surface area contributed by atoms with Crippen molar-refractivity contribution in [3.8, 4) is 0 Å². The van der Waals surface area contributed by atoms with Gasteiger partial charge in [0.1, 0.15) is 0 Å². The van der Waals surface area contributed by atoms with Crippen LogP contribution in [0, 0.1) is 0 Å².